The summed E-state index contributed by atoms with van der Waals surface area (Å²) in [5.41, 5.74) is 0. The molecule has 0 saturated heterocycles. The molecule has 0 saturated carbocycles. The number of hydrogen-bond donors (Lipinski definition) is 1. The number of nitrogens with zero attached hydrogens (tertiary/aromatic N) is 5. The first-order chi connectivity index (χ1) is 9.50. The van der Waals surface area contributed by atoms with Gasteiger partial charge in [-0.15, -0.1) is 17.5 Å². The summed E-state index contributed by atoms with van der Waals surface area (Å²) in [7, 11) is 0. The van der Waals surface area contributed by atoms with Crippen LogP contribution in [0.2, 0.25) is 0 Å². The molecule has 0 amide bonds. The van der Waals surface area contributed by atoms with Crippen molar-refractivity contribution >= 4 is 4.99 Å². The Morgan fingerprint density at radius 3 is 1.70 bits per heavy atom. The maximum atomic E-state index is 3.78. The summed E-state index contributed by atoms with van der Waals surface area (Å²) >= 11 is 2.50. The molecule has 0 fully saturated rings. The Kier molecular flexibility index (Phi) is 19.4. The normalized spacial score (nSPS) is 7.10. The van der Waals surface area contributed by atoms with Crippen LogP contribution >= 0.6 is 0 Å². The first-order valence-corrected chi connectivity index (χ1v) is 6.03. The van der Waals surface area contributed by atoms with Crippen molar-refractivity contribution in [1.29, 1.82) is 0 Å². The van der Waals surface area contributed by atoms with E-state index >= 15 is 0 Å². The molecule has 20 heavy (non-hydrogen) atoms. The summed E-state index contributed by atoms with van der Waals surface area (Å²) in [5.74, 6) is 0. The van der Waals surface area contributed by atoms with E-state index in [1.54, 1.807) is 30.9 Å². The third kappa shape index (κ3) is 15.9. The van der Waals surface area contributed by atoms with Crippen molar-refractivity contribution in [2.24, 2.45) is 0 Å². The summed E-state index contributed by atoms with van der Waals surface area (Å²) < 4.78 is 0. The van der Waals surface area contributed by atoms with Crippen LogP contribution in [0, 0.1) is 12.5 Å². The van der Waals surface area contributed by atoms with Crippen molar-refractivity contribution in [2.75, 3.05) is 0 Å². The summed E-state index contributed by atoms with van der Waals surface area (Å²) in [4.78, 5) is 14.0. The minimum absolute atomic E-state index is 0. The zero-order valence-electron chi connectivity index (χ0n) is 10.5. The van der Waals surface area contributed by atoms with Crippen molar-refractivity contribution in [2.45, 2.75) is 0 Å². The zero-order valence-corrected chi connectivity index (χ0v) is 12.0. The minimum Gasteiger partial charge on any atom is -0.374 e. The number of nitrogens with one attached hydrogen (secondary N) is 1. The van der Waals surface area contributed by atoms with Crippen LogP contribution in [0.15, 0.2) is 55.2 Å². The monoisotopic (exact) mass is 364 g/mol. The summed E-state index contributed by atoms with van der Waals surface area (Å²) in [6.07, 6.45) is 13.1. The molecule has 0 aliphatic carbocycles. The first kappa shape index (κ1) is 20.2. The van der Waals surface area contributed by atoms with E-state index in [4.69, 9.17) is 0 Å². The van der Waals surface area contributed by atoms with Gasteiger partial charge in [0.2, 0.25) is 0 Å². The quantitative estimate of drug-likeness (QED) is 0.449. The summed E-state index contributed by atoms with van der Waals surface area (Å²) in [6.45, 7) is 0. The molecule has 0 aliphatic rings. The van der Waals surface area contributed by atoms with Crippen molar-refractivity contribution in [1.82, 2.24) is 30.4 Å². The molecule has 3 aromatic rings. The predicted octanol–water partition coefficient (Wildman–Crippen LogP) is 0.104. The van der Waals surface area contributed by atoms with Crippen LogP contribution in [0.4, 0.5) is 0 Å². The molecule has 0 unspecified atom stereocenters. The van der Waals surface area contributed by atoms with Gasteiger partial charge in [-0.25, -0.2) is 0 Å². The van der Waals surface area contributed by atoms with E-state index < -0.39 is 0 Å². The van der Waals surface area contributed by atoms with Gasteiger partial charge in [0, 0.05) is 18.7 Å². The molecule has 0 radical (unpaired) electrons. The van der Waals surface area contributed by atoms with Gasteiger partial charge >= 0.3 is 23.7 Å². The van der Waals surface area contributed by atoms with Crippen LogP contribution in [0.3, 0.4) is 0 Å². The summed E-state index contributed by atoms with van der Waals surface area (Å²) in [6, 6.07) is 7.46. The van der Waals surface area contributed by atoms with Crippen molar-refractivity contribution in [3.63, 3.8) is 0 Å². The van der Waals surface area contributed by atoms with E-state index in [0.29, 0.717) is 0 Å². The molecule has 3 aromatic heterocycles. The Balaban J connectivity index is 0. The Morgan fingerprint density at radius 1 is 0.900 bits per heavy atom. The van der Waals surface area contributed by atoms with Crippen molar-refractivity contribution < 1.29 is 24.2 Å². The number of H-pyrrole nitrogens is 1. The molecule has 0 aromatic carbocycles. The van der Waals surface area contributed by atoms with Crippen LogP contribution in [0.1, 0.15) is 0 Å². The SMILES string of the molecule is O.[CH2]=[Pd].[c-]1c[nH]nn1.[c-]1ncccn1.c1ccncc1. The second-order valence-corrected chi connectivity index (χ2v) is 2.48. The molecule has 3 rings (SSSR count). The fourth-order valence-corrected chi connectivity index (χ4v) is 0.681. The molecule has 0 spiro atoms. The zero-order chi connectivity index (χ0) is 14.0. The summed E-state index contributed by atoms with van der Waals surface area (Å²) in [5, 5.41) is 9.03. The second kappa shape index (κ2) is 19.2. The Bertz CT molecular complexity index is 352. The van der Waals surface area contributed by atoms with Gasteiger partial charge in [-0.3, -0.25) is 4.98 Å². The van der Waals surface area contributed by atoms with Gasteiger partial charge in [0.15, 0.2) is 0 Å². The molecule has 0 bridgehead atoms. The van der Waals surface area contributed by atoms with Gasteiger partial charge < -0.3 is 31.8 Å². The van der Waals surface area contributed by atoms with Gasteiger partial charge in [0.1, 0.15) is 0 Å². The van der Waals surface area contributed by atoms with Crippen molar-refractivity contribution in [3.8, 4) is 0 Å². The van der Waals surface area contributed by atoms with Crippen LogP contribution in [0.25, 0.3) is 0 Å². The van der Waals surface area contributed by atoms with E-state index in [2.05, 4.69) is 66.6 Å². The maximum absolute atomic E-state index is 3.78. The number of aromatic nitrogens is 6. The molecule has 7 nitrogen and oxygen atoms in total. The molecular weight excluding hydrogens is 351 g/mol. The topological polar surface area (TPSA) is 112 Å². The molecule has 3 N–H and O–H groups in total. The van der Waals surface area contributed by atoms with Gasteiger partial charge in [0.05, 0.1) is 0 Å². The Labute approximate surface area is 127 Å². The minimum atomic E-state index is 0. The fourth-order valence-electron chi connectivity index (χ4n) is 0.681. The number of rotatable bonds is 0. The fraction of sp³-hybridized carbons (Fsp3) is 0. The molecule has 110 valence electrons. The van der Waals surface area contributed by atoms with Crippen LogP contribution in [-0.4, -0.2) is 40.8 Å². The molecule has 0 atom stereocenters. The average molecular weight is 365 g/mol. The van der Waals surface area contributed by atoms with Gasteiger partial charge in [-0.1, -0.05) is 18.5 Å². The number of pyridine rings is 1. The standard InChI is InChI=1S/C5H5N.C4H3N2.C2H2N3.CH2.H2O.Pd/c1-2-4-6-5-3-1;1-2-5-4-6-3-1;1-2-4-5-3-1;;;/h1-5H;1-3H;1H,(H,3,4,5);2*1H2;/q;2*-1;;;. The molecule has 8 heteroatoms. The van der Waals surface area contributed by atoms with Crippen molar-refractivity contribution in [3.05, 3.63) is 67.8 Å². The predicted molar refractivity (Wildman–Crippen MR) is 71.1 cm³/mol. The average Bonchev–Trinajstić information content (AvgIpc) is 3.13. The van der Waals surface area contributed by atoms with E-state index in [1.165, 1.54) is 6.20 Å². The first-order valence-electron chi connectivity index (χ1n) is 4.93. The van der Waals surface area contributed by atoms with Crippen LogP contribution in [-0.2, 0) is 18.7 Å². The second-order valence-electron chi connectivity index (χ2n) is 2.48. The molecule has 0 aliphatic heterocycles. The Morgan fingerprint density at radius 2 is 1.55 bits per heavy atom. The van der Waals surface area contributed by atoms with Gasteiger partial charge in [0.25, 0.3) is 0 Å². The maximum Gasteiger partial charge on any atom is 0.0267 e. The van der Waals surface area contributed by atoms with Gasteiger partial charge in [-0.05, 0) is 12.1 Å². The van der Waals surface area contributed by atoms with E-state index in [-0.39, 0.29) is 5.48 Å². The third-order valence-corrected chi connectivity index (χ3v) is 1.30. The van der Waals surface area contributed by atoms with E-state index in [0.717, 1.165) is 0 Å². The number of hydrogen-bond acceptors (Lipinski definition) is 5. The molecular formula is C12H14N6OPd-2. The van der Waals surface area contributed by atoms with Crippen LogP contribution in [0.5, 0.6) is 0 Å². The van der Waals surface area contributed by atoms with Gasteiger partial charge in [-0.2, -0.15) is 0 Å². The van der Waals surface area contributed by atoms with E-state index in [9.17, 15) is 0 Å². The number of aromatic amines is 1. The van der Waals surface area contributed by atoms with E-state index in [1.807, 2.05) is 18.2 Å². The molecule has 3 heterocycles. The third-order valence-electron chi connectivity index (χ3n) is 1.30. The Hall–Kier alpha value is -2.14. The smallest absolute Gasteiger partial charge is 0.0267 e. The van der Waals surface area contributed by atoms with Crippen LogP contribution < -0.4 is 0 Å². The largest absolute Gasteiger partial charge is 0.374 e.